The van der Waals surface area contributed by atoms with E-state index in [4.69, 9.17) is 17.0 Å². The highest BCUT2D eigenvalue weighted by Gasteiger charge is 2.33. The summed E-state index contributed by atoms with van der Waals surface area (Å²) in [5.41, 5.74) is 4.67. The molecule has 1 aliphatic heterocycles. The van der Waals surface area contributed by atoms with E-state index in [1.165, 1.54) is 12.7 Å². The molecule has 0 spiro atoms. The van der Waals surface area contributed by atoms with Crippen LogP contribution in [0.1, 0.15) is 50.8 Å². The van der Waals surface area contributed by atoms with Gasteiger partial charge in [-0.1, -0.05) is 38.1 Å². The van der Waals surface area contributed by atoms with E-state index in [0.717, 1.165) is 16.9 Å². The Hall–Kier alpha value is -3.39. The molecule has 0 aromatic heterocycles. The molecule has 0 unspecified atom stereocenters. The summed E-state index contributed by atoms with van der Waals surface area (Å²) >= 11 is 5.49. The number of hydrogen-bond acceptors (Lipinski definition) is 4. The topological polar surface area (TPSA) is 82.7 Å². The summed E-state index contributed by atoms with van der Waals surface area (Å²) in [5, 5.41) is 9.45. The molecule has 0 bridgehead atoms. The summed E-state index contributed by atoms with van der Waals surface area (Å²) in [5.74, 6) is 0.0267. The Balaban J connectivity index is 1.73. The molecule has 0 saturated heterocycles. The monoisotopic (exact) mass is 466 g/mol. The van der Waals surface area contributed by atoms with Gasteiger partial charge >= 0.3 is 12.0 Å². The van der Waals surface area contributed by atoms with Gasteiger partial charge in [0.1, 0.15) is 0 Å². The van der Waals surface area contributed by atoms with Crippen LogP contribution in [-0.2, 0) is 9.53 Å². The molecule has 0 saturated carbocycles. The molecular formula is C25H30N4O3S. The van der Waals surface area contributed by atoms with Crippen LogP contribution in [0.25, 0.3) is 0 Å². The molecule has 3 N–H and O–H groups in total. The number of esters is 1. The van der Waals surface area contributed by atoms with Gasteiger partial charge in [0.15, 0.2) is 5.11 Å². The van der Waals surface area contributed by atoms with E-state index >= 15 is 0 Å². The van der Waals surface area contributed by atoms with E-state index < -0.39 is 12.0 Å². The number of urea groups is 1. The number of allylic oxidation sites excluding steroid dienone is 1. The van der Waals surface area contributed by atoms with Crippen molar-refractivity contribution < 1.29 is 14.3 Å². The van der Waals surface area contributed by atoms with Gasteiger partial charge in [0, 0.05) is 23.6 Å². The molecule has 0 radical (unpaired) electrons. The van der Waals surface area contributed by atoms with Crippen molar-refractivity contribution >= 4 is 40.7 Å². The van der Waals surface area contributed by atoms with Crippen LogP contribution in [0.5, 0.6) is 0 Å². The maximum absolute atomic E-state index is 12.5. The minimum Gasteiger partial charge on any atom is -0.466 e. The lowest BCUT2D eigenvalue weighted by Gasteiger charge is -2.36. The minimum absolute atomic E-state index is 0.332. The zero-order valence-corrected chi connectivity index (χ0v) is 20.4. The first-order chi connectivity index (χ1) is 15.7. The van der Waals surface area contributed by atoms with E-state index in [1.807, 2.05) is 55.1 Å². The Kier molecular flexibility index (Phi) is 7.71. The Labute approximate surface area is 200 Å². The molecule has 3 rings (SSSR count). The number of amides is 2. The number of thiocarbonyl (C=S) groups is 1. The average molecular weight is 467 g/mol. The van der Waals surface area contributed by atoms with Gasteiger partial charge in [-0.25, -0.2) is 9.59 Å². The first kappa shape index (κ1) is 24.3. The lowest BCUT2D eigenvalue weighted by atomic mass is 9.95. The number of carbonyl (C=O) groups is 2. The second-order valence-corrected chi connectivity index (χ2v) is 8.48. The van der Waals surface area contributed by atoms with Crippen molar-refractivity contribution in [2.24, 2.45) is 0 Å². The first-order valence-electron chi connectivity index (χ1n) is 10.9. The highest BCUT2D eigenvalue weighted by molar-refractivity contribution is 7.80. The van der Waals surface area contributed by atoms with Gasteiger partial charge in [-0.15, -0.1) is 0 Å². The molecular weight excluding hydrogens is 436 g/mol. The SMILES string of the molecule is CCN1C(=S)N[C@H](c2ccc(NC(=O)Nc3ccc(C(C)C)cc3)cc2)C(C(=O)OC)=C1C. The fraction of sp³-hybridized carbons (Fsp3) is 0.320. The molecule has 2 aromatic carbocycles. The zero-order chi connectivity index (χ0) is 24.1. The summed E-state index contributed by atoms with van der Waals surface area (Å²) in [6.45, 7) is 8.73. The lowest BCUT2D eigenvalue weighted by Crippen LogP contribution is -2.47. The fourth-order valence-corrected chi connectivity index (χ4v) is 4.17. The van der Waals surface area contributed by atoms with E-state index in [1.54, 1.807) is 12.1 Å². The third kappa shape index (κ3) is 5.51. The first-order valence-corrected chi connectivity index (χ1v) is 11.3. The van der Waals surface area contributed by atoms with Crippen molar-refractivity contribution in [1.82, 2.24) is 10.2 Å². The van der Waals surface area contributed by atoms with Crippen LogP contribution in [0.3, 0.4) is 0 Å². The maximum Gasteiger partial charge on any atom is 0.337 e. The predicted molar refractivity (Wildman–Crippen MR) is 135 cm³/mol. The number of methoxy groups -OCH3 is 1. The Morgan fingerprint density at radius 3 is 2.09 bits per heavy atom. The average Bonchev–Trinajstić information content (AvgIpc) is 2.79. The highest BCUT2D eigenvalue weighted by Crippen LogP contribution is 2.31. The van der Waals surface area contributed by atoms with Gasteiger partial charge in [0.2, 0.25) is 0 Å². The van der Waals surface area contributed by atoms with Crippen LogP contribution in [0.2, 0.25) is 0 Å². The summed E-state index contributed by atoms with van der Waals surface area (Å²) < 4.78 is 5.02. The molecule has 1 aliphatic rings. The van der Waals surface area contributed by atoms with Gasteiger partial charge in [-0.2, -0.15) is 0 Å². The second-order valence-electron chi connectivity index (χ2n) is 8.10. The second kappa shape index (κ2) is 10.5. The smallest absolute Gasteiger partial charge is 0.337 e. The summed E-state index contributed by atoms with van der Waals surface area (Å²) in [7, 11) is 1.37. The van der Waals surface area contributed by atoms with Gasteiger partial charge in [0.05, 0.1) is 18.7 Å². The van der Waals surface area contributed by atoms with Gasteiger partial charge in [0.25, 0.3) is 0 Å². The molecule has 1 atom stereocenters. The number of nitrogens with one attached hydrogen (secondary N) is 3. The van der Waals surface area contributed by atoms with Crippen LogP contribution in [0.15, 0.2) is 59.8 Å². The molecule has 1 heterocycles. The van der Waals surface area contributed by atoms with Crippen molar-refractivity contribution in [1.29, 1.82) is 0 Å². The van der Waals surface area contributed by atoms with Crippen molar-refractivity contribution in [2.75, 3.05) is 24.3 Å². The molecule has 174 valence electrons. The van der Waals surface area contributed by atoms with Gasteiger partial charge < -0.3 is 25.6 Å². The Morgan fingerprint density at radius 2 is 1.61 bits per heavy atom. The fourth-order valence-electron chi connectivity index (χ4n) is 3.79. The Morgan fingerprint density at radius 1 is 1.06 bits per heavy atom. The van der Waals surface area contributed by atoms with Crippen molar-refractivity contribution in [3.05, 3.63) is 70.9 Å². The number of nitrogens with zero attached hydrogens (tertiary/aromatic N) is 1. The molecule has 2 aromatic rings. The molecule has 8 heteroatoms. The van der Waals surface area contributed by atoms with E-state index in [2.05, 4.69) is 29.8 Å². The molecule has 0 fully saturated rings. The third-order valence-electron chi connectivity index (χ3n) is 5.65. The zero-order valence-electron chi connectivity index (χ0n) is 19.6. The number of hydrogen-bond donors (Lipinski definition) is 3. The van der Waals surface area contributed by atoms with Crippen LogP contribution in [-0.4, -0.2) is 35.7 Å². The largest absolute Gasteiger partial charge is 0.466 e. The predicted octanol–water partition coefficient (Wildman–Crippen LogP) is 5.15. The number of ether oxygens (including phenoxy) is 1. The standard InChI is InChI=1S/C25H30N4O3S/c1-6-29-16(4)21(23(30)32-5)22(28-25(29)33)18-9-13-20(14-10-18)27-24(31)26-19-11-7-17(8-12-19)15(2)3/h7-15,22H,6H2,1-5H3,(H,28,33)(H2,26,27,31)/t22-/m1/s1. The van der Waals surface area contributed by atoms with Gasteiger partial charge in [-0.05, 0) is 67.4 Å². The summed E-state index contributed by atoms with van der Waals surface area (Å²) in [6, 6.07) is 14.3. The van der Waals surface area contributed by atoms with E-state index in [-0.39, 0.29) is 6.03 Å². The molecule has 2 amide bonds. The van der Waals surface area contributed by atoms with E-state index in [0.29, 0.717) is 28.8 Å². The van der Waals surface area contributed by atoms with Gasteiger partial charge in [-0.3, -0.25) is 0 Å². The van der Waals surface area contributed by atoms with E-state index in [9.17, 15) is 9.59 Å². The maximum atomic E-state index is 12.5. The number of benzene rings is 2. The number of rotatable bonds is 6. The Bertz CT molecular complexity index is 1060. The number of anilines is 2. The summed E-state index contributed by atoms with van der Waals surface area (Å²) in [6.07, 6.45) is 0. The normalized spacial score (nSPS) is 15.9. The quantitative estimate of drug-likeness (QED) is 0.403. The minimum atomic E-state index is -0.435. The molecule has 0 aliphatic carbocycles. The summed E-state index contributed by atoms with van der Waals surface area (Å²) in [4.78, 5) is 26.8. The molecule has 33 heavy (non-hydrogen) atoms. The van der Waals surface area contributed by atoms with Crippen LogP contribution in [0, 0.1) is 0 Å². The third-order valence-corrected chi connectivity index (χ3v) is 5.99. The highest BCUT2D eigenvalue weighted by atomic mass is 32.1. The van der Waals surface area contributed by atoms with Crippen LogP contribution >= 0.6 is 12.2 Å². The van der Waals surface area contributed by atoms with Crippen molar-refractivity contribution in [2.45, 2.75) is 39.7 Å². The van der Waals surface area contributed by atoms with Crippen LogP contribution in [0.4, 0.5) is 16.2 Å². The van der Waals surface area contributed by atoms with Crippen LogP contribution < -0.4 is 16.0 Å². The van der Waals surface area contributed by atoms with Crippen molar-refractivity contribution in [3.8, 4) is 0 Å². The number of carbonyl (C=O) groups excluding carboxylic acids is 2. The van der Waals surface area contributed by atoms with Crippen molar-refractivity contribution in [3.63, 3.8) is 0 Å². The molecule has 7 nitrogen and oxygen atoms in total. The lowest BCUT2D eigenvalue weighted by molar-refractivity contribution is -0.136.